The fourth-order valence-corrected chi connectivity index (χ4v) is 3.32. The van der Waals surface area contributed by atoms with E-state index < -0.39 is 0 Å². The molecule has 2 rings (SSSR count). The molecule has 0 radical (unpaired) electrons. The molecule has 0 spiro atoms. The zero-order valence-electron chi connectivity index (χ0n) is 10.3. The number of urea groups is 1. The van der Waals surface area contributed by atoms with Gasteiger partial charge in [-0.15, -0.1) is 0 Å². The molecular formula is C13H14Br2N2O2. The van der Waals surface area contributed by atoms with Gasteiger partial charge in [-0.05, 0) is 37.5 Å². The first-order valence-electron chi connectivity index (χ1n) is 6.12. The van der Waals surface area contributed by atoms with Gasteiger partial charge in [0.1, 0.15) is 0 Å². The lowest BCUT2D eigenvalue weighted by Gasteiger charge is -2.26. The molecule has 1 aromatic rings. The van der Waals surface area contributed by atoms with Crippen LogP contribution in [0.3, 0.4) is 0 Å². The molecule has 1 fully saturated rings. The molecule has 0 saturated carbocycles. The standard InChI is InChI=1S/C13H14Br2N2O2/c14-10-6-9(7-11(15)8-10)12(18)16-13(19)17-4-2-1-3-5-17/h6-8H,1-5H2,(H,16,18,19). The maximum Gasteiger partial charge on any atom is 0.324 e. The van der Waals surface area contributed by atoms with Gasteiger partial charge in [-0.25, -0.2) is 4.79 Å². The predicted molar refractivity (Wildman–Crippen MR) is 80.1 cm³/mol. The lowest BCUT2D eigenvalue weighted by atomic mass is 10.1. The van der Waals surface area contributed by atoms with Crippen molar-refractivity contribution in [1.82, 2.24) is 10.2 Å². The van der Waals surface area contributed by atoms with Crippen LogP contribution >= 0.6 is 31.9 Å². The van der Waals surface area contributed by atoms with Gasteiger partial charge in [0.15, 0.2) is 0 Å². The summed E-state index contributed by atoms with van der Waals surface area (Å²) in [7, 11) is 0. The van der Waals surface area contributed by atoms with Crippen LogP contribution in [-0.4, -0.2) is 29.9 Å². The first kappa shape index (κ1) is 14.5. The third-order valence-corrected chi connectivity index (χ3v) is 3.90. The summed E-state index contributed by atoms with van der Waals surface area (Å²) in [4.78, 5) is 25.6. The van der Waals surface area contributed by atoms with Crippen LogP contribution in [0.25, 0.3) is 0 Å². The zero-order chi connectivity index (χ0) is 13.8. The number of hydrogen-bond donors (Lipinski definition) is 1. The normalized spacial score (nSPS) is 15.2. The number of benzene rings is 1. The van der Waals surface area contributed by atoms with Crippen molar-refractivity contribution < 1.29 is 9.59 Å². The van der Waals surface area contributed by atoms with Crippen molar-refractivity contribution >= 4 is 43.8 Å². The molecule has 1 aliphatic heterocycles. The lowest BCUT2D eigenvalue weighted by Crippen LogP contribution is -2.45. The Bertz CT molecular complexity index is 479. The van der Waals surface area contributed by atoms with Gasteiger partial charge in [-0.3, -0.25) is 10.1 Å². The molecule has 0 aliphatic carbocycles. The van der Waals surface area contributed by atoms with E-state index in [-0.39, 0.29) is 11.9 Å². The van der Waals surface area contributed by atoms with Crippen molar-refractivity contribution in [3.63, 3.8) is 0 Å². The molecule has 0 unspecified atom stereocenters. The molecule has 1 heterocycles. The molecule has 102 valence electrons. The van der Waals surface area contributed by atoms with Gasteiger partial charge < -0.3 is 4.90 Å². The largest absolute Gasteiger partial charge is 0.324 e. The number of carbonyl (C=O) groups is 2. The zero-order valence-corrected chi connectivity index (χ0v) is 13.5. The van der Waals surface area contributed by atoms with Crippen molar-refractivity contribution in [1.29, 1.82) is 0 Å². The van der Waals surface area contributed by atoms with Crippen molar-refractivity contribution in [3.05, 3.63) is 32.7 Å². The van der Waals surface area contributed by atoms with E-state index in [9.17, 15) is 9.59 Å². The highest BCUT2D eigenvalue weighted by Gasteiger charge is 2.19. The van der Waals surface area contributed by atoms with Crippen LogP contribution in [0.4, 0.5) is 4.79 Å². The molecule has 3 amide bonds. The average Bonchev–Trinajstić information content (AvgIpc) is 2.38. The third kappa shape index (κ3) is 4.04. The summed E-state index contributed by atoms with van der Waals surface area (Å²) < 4.78 is 1.58. The van der Waals surface area contributed by atoms with Crippen molar-refractivity contribution in [2.24, 2.45) is 0 Å². The topological polar surface area (TPSA) is 49.4 Å². The number of halogens is 2. The minimum absolute atomic E-state index is 0.305. The minimum atomic E-state index is -0.377. The Hall–Kier alpha value is -0.880. The van der Waals surface area contributed by atoms with Crippen molar-refractivity contribution in [3.8, 4) is 0 Å². The van der Waals surface area contributed by atoms with Crippen LogP contribution in [0.5, 0.6) is 0 Å². The number of hydrogen-bond acceptors (Lipinski definition) is 2. The molecule has 19 heavy (non-hydrogen) atoms. The number of amides is 3. The summed E-state index contributed by atoms with van der Waals surface area (Å²) in [5, 5.41) is 2.43. The number of nitrogens with one attached hydrogen (secondary N) is 1. The van der Waals surface area contributed by atoms with E-state index in [1.165, 1.54) is 0 Å². The Morgan fingerprint density at radius 3 is 2.16 bits per heavy atom. The van der Waals surface area contributed by atoms with E-state index in [0.29, 0.717) is 5.56 Å². The summed E-state index contributed by atoms with van der Waals surface area (Å²) >= 11 is 6.64. The summed E-state index contributed by atoms with van der Waals surface area (Å²) in [6.45, 7) is 1.45. The summed E-state index contributed by atoms with van der Waals surface area (Å²) in [6, 6.07) is 4.90. The molecule has 1 aliphatic rings. The van der Waals surface area contributed by atoms with Crippen LogP contribution in [0.15, 0.2) is 27.1 Å². The quantitative estimate of drug-likeness (QED) is 0.798. The van der Waals surface area contributed by atoms with Gasteiger partial charge in [-0.1, -0.05) is 31.9 Å². The number of carbonyl (C=O) groups excluding carboxylic acids is 2. The van der Waals surface area contributed by atoms with E-state index >= 15 is 0 Å². The Balaban J connectivity index is 2.01. The highest BCUT2D eigenvalue weighted by atomic mass is 79.9. The molecule has 6 heteroatoms. The molecule has 4 nitrogen and oxygen atoms in total. The highest BCUT2D eigenvalue weighted by molar-refractivity contribution is 9.11. The molecule has 1 N–H and O–H groups in total. The SMILES string of the molecule is O=C(NC(=O)N1CCCCC1)c1cc(Br)cc(Br)c1. The maximum atomic E-state index is 12.0. The second kappa shape index (κ2) is 6.52. The Morgan fingerprint density at radius 2 is 1.58 bits per heavy atom. The van der Waals surface area contributed by atoms with Gasteiger partial charge in [0.05, 0.1) is 0 Å². The molecule has 1 saturated heterocycles. The molecular weight excluding hydrogens is 376 g/mol. The van der Waals surface area contributed by atoms with Crippen LogP contribution in [0.1, 0.15) is 29.6 Å². The summed E-state index contributed by atoms with van der Waals surface area (Å²) in [6.07, 6.45) is 3.16. The third-order valence-electron chi connectivity index (χ3n) is 2.99. The van der Waals surface area contributed by atoms with Gasteiger partial charge in [0, 0.05) is 27.6 Å². The van der Waals surface area contributed by atoms with Gasteiger partial charge in [-0.2, -0.15) is 0 Å². The van der Waals surface area contributed by atoms with Crippen LogP contribution in [-0.2, 0) is 0 Å². The van der Waals surface area contributed by atoms with Crippen molar-refractivity contribution in [2.75, 3.05) is 13.1 Å². The first-order valence-corrected chi connectivity index (χ1v) is 7.71. The predicted octanol–water partition coefficient (Wildman–Crippen LogP) is 3.55. The summed E-state index contributed by atoms with van der Waals surface area (Å²) in [5.74, 6) is -0.377. The lowest BCUT2D eigenvalue weighted by molar-refractivity contribution is 0.0948. The van der Waals surface area contributed by atoms with Gasteiger partial charge in [0.25, 0.3) is 5.91 Å². The van der Waals surface area contributed by atoms with E-state index in [2.05, 4.69) is 37.2 Å². The highest BCUT2D eigenvalue weighted by Crippen LogP contribution is 2.20. The maximum absolute atomic E-state index is 12.0. The van der Waals surface area contributed by atoms with Gasteiger partial charge >= 0.3 is 6.03 Å². The number of imide groups is 1. The summed E-state index contributed by atoms with van der Waals surface area (Å²) in [5.41, 5.74) is 0.451. The molecule has 0 atom stereocenters. The average molecular weight is 390 g/mol. The fraction of sp³-hybridized carbons (Fsp3) is 0.385. The molecule has 1 aromatic carbocycles. The van der Waals surface area contributed by atoms with Crippen LogP contribution < -0.4 is 5.32 Å². The number of likely N-dealkylation sites (tertiary alicyclic amines) is 1. The van der Waals surface area contributed by atoms with Gasteiger partial charge in [0.2, 0.25) is 0 Å². The Labute approximate surface area is 128 Å². The first-order chi connectivity index (χ1) is 9.06. The van der Waals surface area contributed by atoms with E-state index in [1.807, 2.05) is 6.07 Å². The van der Waals surface area contributed by atoms with Crippen molar-refractivity contribution in [2.45, 2.75) is 19.3 Å². The second-order valence-electron chi connectivity index (χ2n) is 4.47. The number of nitrogens with zero attached hydrogens (tertiary/aromatic N) is 1. The fourth-order valence-electron chi connectivity index (χ4n) is 2.03. The van der Waals surface area contributed by atoms with E-state index in [0.717, 1.165) is 41.3 Å². The van der Waals surface area contributed by atoms with E-state index in [1.54, 1.807) is 17.0 Å². The number of rotatable bonds is 1. The van der Waals surface area contributed by atoms with E-state index in [4.69, 9.17) is 0 Å². The smallest absolute Gasteiger partial charge is 0.324 e. The number of piperidine rings is 1. The van der Waals surface area contributed by atoms with Crippen LogP contribution in [0.2, 0.25) is 0 Å². The molecule has 0 bridgehead atoms. The molecule has 0 aromatic heterocycles. The second-order valence-corrected chi connectivity index (χ2v) is 6.30. The minimum Gasteiger partial charge on any atom is -0.324 e. The monoisotopic (exact) mass is 388 g/mol. The Kier molecular flexibility index (Phi) is 4.99. The van der Waals surface area contributed by atoms with Crippen LogP contribution in [0, 0.1) is 0 Å². The Morgan fingerprint density at radius 1 is 1.00 bits per heavy atom.